The second-order valence-electron chi connectivity index (χ2n) is 2.16. The molecule has 0 rings (SSSR count). The Bertz CT molecular complexity index is 104. The second kappa shape index (κ2) is 4.56. The molecule has 0 bridgehead atoms. The lowest BCUT2D eigenvalue weighted by Gasteiger charge is -2.17. The number of hydrogen-bond acceptors (Lipinski definition) is 2. The van der Waals surface area contributed by atoms with Crippen LogP contribution in [0.5, 0.6) is 0 Å². The van der Waals surface area contributed by atoms with Crippen molar-refractivity contribution in [3.05, 3.63) is 0 Å². The molecule has 1 atom stereocenters. The second-order valence-corrected chi connectivity index (χ2v) is 2.16. The first-order chi connectivity index (χ1) is 5.02. The first-order valence-corrected chi connectivity index (χ1v) is 3.26. The molecule has 0 aromatic carbocycles. The Morgan fingerprint density at radius 1 is 1.45 bits per heavy atom. The average molecular weight is 171 g/mol. The fraction of sp³-hybridized carbons (Fsp3) is 1.00. The normalized spacial score (nSPS) is 15.0. The summed E-state index contributed by atoms with van der Waals surface area (Å²) in [5.41, 5.74) is 0. The highest BCUT2D eigenvalue weighted by molar-refractivity contribution is 4.67. The number of alkyl halides is 3. The summed E-state index contributed by atoms with van der Waals surface area (Å²) in [6, 6.07) is 0. The fourth-order valence-electron chi connectivity index (χ4n) is 0.691. The lowest BCUT2D eigenvalue weighted by Crippen LogP contribution is -2.33. The fourth-order valence-corrected chi connectivity index (χ4v) is 0.691. The maximum atomic E-state index is 11.9. The third-order valence-electron chi connectivity index (χ3n) is 1.31. The van der Waals surface area contributed by atoms with E-state index >= 15 is 0 Å². The lowest BCUT2D eigenvalue weighted by molar-refractivity contribution is -0.213. The van der Waals surface area contributed by atoms with Crippen LogP contribution in [0, 0.1) is 0 Å². The molecule has 1 N–H and O–H groups in total. The highest BCUT2D eigenvalue weighted by atomic mass is 19.4. The Hall–Kier alpha value is -0.290. The van der Waals surface area contributed by atoms with Gasteiger partial charge in [0.1, 0.15) is 0 Å². The maximum absolute atomic E-state index is 11.9. The topological polar surface area (TPSA) is 21.3 Å². The van der Waals surface area contributed by atoms with Crippen molar-refractivity contribution >= 4 is 0 Å². The predicted molar refractivity (Wildman–Crippen MR) is 35.4 cm³/mol. The van der Waals surface area contributed by atoms with Crippen LogP contribution in [-0.2, 0) is 4.74 Å². The van der Waals surface area contributed by atoms with Gasteiger partial charge < -0.3 is 10.1 Å². The zero-order valence-electron chi connectivity index (χ0n) is 6.53. The van der Waals surface area contributed by atoms with E-state index in [4.69, 9.17) is 0 Å². The SMILES string of the molecule is CNCCC(OC)C(F)(F)F. The molecule has 0 aliphatic rings. The van der Waals surface area contributed by atoms with Gasteiger partial charge in [0.15, 0.2) is 6.10 Å². The van der Waals surface area contributed by atoms with Crippen LogP contribution in [0.25, 0.3) is 0 Å². The van der Waals surface area contributed by atoms with Crippen molar-refractivity contribution in [1.29, 1.82) is 0 Å². The lowest BCUT2D eigenvalue weighted by atomic mass is 10.2. The predicted octanol–water partition coefficient (Wildman–Crippen LogP) is 1.17. The molecule has 0 aliphatic carbocycles. The molecule has 0 aromatic rings. The highest BCUT2D eigenvalue weighted by Crippen LogP contribution is 2.24. The van der Waals surface area contributed by atoms with Gasteiger partial charge in [0.05, 0.1) is 0 Å². The number of ether oxygens (including phenoxy) is 1. The van der Waals surface area contributed by atoms with Gasteiger partial charge >= 0.3 is 6.18 Å². The van der Waals surface area contributed by atoms with Crippen LogP contribution in [0.4, 0.5) is 13.2 Å². The van der Waals surface area contributed by atoms with E-state index in [2.05, 4.69) is 10.1 Å². The monoisotopic (exact) mass is 171 g/mol. The number of nitrogens with one attached hydrogen (secondary N) is 1. The molecular weight excluding hydrogens is 159 g/mol. The molecule has 0 aliphatic heterocycles. The maximum Gasteiger partial charge on any atom is 0.414 e. The summed E-state index contributed by atoms with van der Waals surface area (Å²) in [6.45, 7) is 0.304. The van der Waals surface area contributed by atoms with Gasteiger partial charge in [-0.15, -0.1) is 0 Å². The van der Waals surface area contributed by atoms with Crippen molar-refractivity contribution in [2.75, 3.05) is 20.7 Å². The van der Waals surface area contributed by atoms with E-state index < -0.39 is 12.3 Å². The van der Waals surface area contributed by atoms with E-state index in [0.29, 0.717) is 6.54 Å². The molecule has 1 unspecified atom stereocenters. The molecule has 11 heavy (non-hydrogen) atoms. The van der Waals surface area contributed by atoms with Gasteiger partial charge in [-0.05, 0) is 20.0 Å². The Morgan fingerprint density at radius 2 is 2.00 bits per heavy atom. The third-order valence-corrected chi connectivity index (χ3v) is 1.31. The van der Waals surface area contributed by atoms with E-state index in [1.807, 2.05) is 0 Å². The molecule has 0 heterocycles. The van der Waals surface area contributed by atoms with Gasteiger partial charge in [-0.3, -0.25) is 0 Å². The van der Waals surface area contributed by atoms with Crippen molar-refractivity contribution in [2.24, 2.45) is 0 Å². The molecule has 0 spiro atoms. The Morgan fingerprint density at radius 3 is 2.27 bits per heavy atom. The zero-order chi connectivity index (χ0) is 8.91. The van der Waals surface area contributed by atoms with Gasteiger partial charge in [-0.2, -0.15) is 13.2 Å². The summed E-state index contributed by atoms with van der Waals surface area (Å²) < 4.78 is 39.9. The Kier molecular flexibility index (Phi) is 4.44. The molecule has 68 valence electrons. The van der Waals surface area contributed by atoms with Crippen molar-refractivity contribution in [2.45, 2.75) is 18.7 Å². The summed E-state index contributed by atoms with van der Waals surface area (Å²) in [5.74, 6) is 0. The summed E-state index contributed by atoms with van der Waals surface area (Å²) in [6.07, 6.45) is -5.93. The minimum atomic E-state index is -4.24. The van der Waals surface area contributed by atoms with Crippen molar-refractivity contribution in [1.82, 2.24) is 5.32 Å². The van der Waals surface area contributed by atoms with Crippen LogP contribution in [-0.4, -0.2) is 33.0 Å². The molecule has 0 saturated heterocycles. The van der Waals surface area contributed by atoms with Crippen LogP contribution in [0.3, 0.4) is 0 Å². The van der Waals surface area contributed by atoms with E-state index in [0.717, 1.165) is 7.11 Å². The first-order valence-electron chi connectivity index (χ1n) is 3.26. The van der Waals surface area contributed by atoms with Gasteiger partial charge in [0, 0.05) is 7.11 Å². The van der Waals surface area contributed by atoms with E-state index in [1.165, 1.54) is 0 Å². The molecule has 0 fully saturated rings. The van der Waals surface area contributed by atoms with Crippen LogP contribution >= 0.6 is 0 Å². The van der Waals surface area contributed by atoms with Crippen LogP contribution in [0.15, 0.2) is 0 Å². The molecular formula is C6H12F3NO. The number of hydrogen-bond donors (Lipinski definition) is 1. The highest BCUT2D eigenvalue weighted by Gasteiger charge is 2.39. The van der Waals surface area contributed by atoms with Gasteiger partial charge in [0.2, 0.25) is 0 Å². The molecule has 0 amide bonds. The number of halogens is 3. The summed E-state index contributed by atoms with van der Waals surface area (Å²) in [4.78, 5) is 0. The van der Waals surface area contributed by atoms with Gasteiger partial charge in [-0.1, -0.05) is 0 Å². The minimum absolute atomic E-state index is 0.0451. The van der Waals surface area contributed by atoms with Gasteiger partial charge in [0.25, 0.3) is 0 Å². The first kappa shape index (κ1) is 10.7. The Balaban J connectivity index is 3.76. The van der Waals surface area contributed by atoms with Crippen molar-refractivity contribution in [3.8, 4) is 0 Å². The van der Waals surface area contributed by atoms with Crippen LogP contribution in [0.2, 0.25) is 0 Å². The zero-order valence-corrected chi connectivity index (χ0v) is 6.53. The van der Waals surface area contributed by atoms with Crippen molar-refractivity contribution in [3.63, 3.8) is 0 Å². The number of rotatable bonds is 4. The molecule has 0 saturated carbocycles. The van der Waals surface area contributed by atoms with Crippen LogP contribution in [0.1, 0.15) is 6.42 Å². The summed E-state index contributed by atoms with van der Waals surface area (Å²) in [7, 11) is 2.66. The standard InChI is InChI=1S/C6H12F3NO/c1-10-4-3-5(11-2)6(7,8)9/h5,10H,3-4H2,1-2H3. The molecule has 2 nitrogen and oxygen atoms in total. The third kappa shape index (κ3) is 4.21. The summed E-state index contributed by atoms with van der Waals surface area (Å²) in [5, 5.41) is 2.62. The minimum Gasteiger partial charge on any atom is -0.372 e. The quantitative estimate of drug-likeness (QED) is 0.685. The van der Waals surface area contributed by atoms with E-state index in [-0.39, 0.29) is 6.42 Å². The van der Waals surface area contributed by atoms with Crippen LogP contribution < -0.4 is 5.32 Å². The molecule has 5 heteroatoms. The van der Waals surface area contributed by atoms with Gasteiger partial charge in [-0.25, -0.2) is 0 Å². The molecule has 0 radical (unpaired) electrons. The number of methoxy groups -OCH3 is 1. The summed E-state index contributed by atoms with van der Waals surface area (Å²) >= 11 is 0. The van der Waals surface area contributed by atoms with Crippen molar-refractivity contribution < 1.29 is 17.9 Å². The smallest absolute Gasteiger partial charge is 0.372 e. The average Bonchev–Trinajstić information content (AvgIpc) is 1.87. The van der Waals surface area contributed by atoms with E-state index in [1.54, 1.807) is 7.05 Å². The molecule has 0 aromatic heterocycles. The van der Waals surface area contributed by atoms with E-state index in [9.17, 15) is 13.2 Å². The largest absolute Gasteiger partial charge is 0.414 e. The Labute approximate surface area is 63.7 Å².